The van der Waals surface area contributed by atoms with Crippen LogP contribution in [0.25, 0.3) is 0 Å². The van der Waals surface area contributed by atoms with Gasteiger partial charge in [-0.05, 0) is 49.9 Å². The summed E-state index contributed by atoms with van der Waals surface area (Å²) < 4.78 is 13.5. The van der Waals surface area contributed by atoms with Gasteiger partial charge >= 0.3 is 0 Å². The third-order valence-corrected chi connectivity index (χ3v) is 4.19. The fourth-order valence-corrected chi connectivity index (χ4v) is 3.05. The average Bonchev–Trinajstić information content (AvgIpc) is 2.94. The van der Waals surface area contributed by atoms with E-state index >= 15 is 0 Å². The summed E-state index contributed by atoms with van der Waals surface area (Å²) in [4.78, 5) is 12.6. The number of nitrogens with two attached hydrogens (primary N) is 1. The molecule has 0 aromatic heterocycles. The first-order chi connectivity index (χ1) is 9.69. The molecule has 1 aromatic rings. The number of carbonyl (C=O) groups excluding carboxylic acids is 1. The van der Waals surface area contributed by atoms with Crippen LogP contribution in [0.2, 0.25) is 0 Å². The number of unbranched alkanes of at least 4 members (excludes halogenated alkanes) is 1. The van der Waals surface area contributed by atoms with E-state index in [-0.39, 0.29) is 24.1 Å². The number of hydrogen-bond donors (Lipinski definition) is 2. The molecule has 1 fully saturated rings. The Morgan fingerprint density at radius 1 is 1.29 bits per heavy atom. The van der Waals surface area contributed by atoms with Crippen LogP contribution in [0.1, 0.15) is 44.1 Å². The van der Waals surface area contributed by atoms with E-state index in [0.29, 0.717) is 13.1 Å². The van der Waals surface area contributed by atoms with Crippen molar-refractivity contribution in [2.75, 3.05) is 13.1 Å². The molecule has 2 rings (SSSR count). The summed E-state index contributed by atoms with van der Waals surface area (Å²) in [6, 6.07) is 6.48. The largest absolute Gasteiger partial charge is 0.355 e. The molecule has 0 atom stereocenters. The molecule has 0 heterocycles. The molecule has 0 spiro atoms. The Kier molecular flexibility index (Phi) is 7.12. The van der Waals surface area contributed by atoms with E-state index in [0.717, 1.165) is 44.1 Å². The molecule has 3 nitrogen and oxygen atoms in total. The van der Waals surface area contributed by atoms with Crippen LogP contribution in [0.3, 0.4) is 0 Å². The van der Waals surface area contributed by atoms with Crippen LogP contribution in [0.4, 0.5) is 4.39 Å². The highest BCUT2D eigenvalue weighted by Gasteiger charge is 2.42. The Morgan fingerprint density at radius 2 is 2.00 bits per heavy atom. The molecule has 21 heavy (non-hydrogen) atoms. The SMILES string of the molecule is Cl.NCCCCNC(=O)C1(c2cccc(F)c2)CCCC1. The van der Waals surface area contributed by atoms with Crippen molar-refractivity contribution in [3.05, 3.63) is 35.6 Å². The van der Waals surface area contributed by atoms with Crippen molar-refractivity contribution in [2.45, 2.75) is 43.9 Å². The normalized spacial score (nSPS) is 16.3. The minimum atomic E-state index is -0.537. The van der Waals surface area contributed by atoms with Crippen LogP contribution >= 0.6 is 12.4 Å². The van der Waals surface area contributed by atoms with Crippen molar-refractivity contribution < 1.29 is 9.18 Å². The van der Waals surface area contributed by atoms with Crippen molar-refractivity contribution in [3.8, 4) is 0 Å². The molecule has 0 bridgehead atoms. The maximum Gasteiger partial charge on any atom is 0.230 e. The minimum absolute atomic E-state index is 0. The molecule has 0 radical (unpaired) electrons. The van der Waals surface area contributed by atoms with Crippen molar-refractivity contribution in [2.24, 2.45) is 5.73 Å². The molecule has 1 aromatic carbocycles. The number of amides is 1. The quantitative estimate of drug-likeness (QED) is 0.793. The van der Waals surface area contributed by atoms with Gasteiger partial charge in [0.15, 0.2) is 0 Å². The second-order valence-electron chi connectivity index (χ2n) is 5.55. The molecular formula is C16H24ClFN2O. The summed E-state index contributed by atoms with van der Waals surface area (Å²) in [5.74, 6) is -0.234. The molecule has 1 amide bonds. The van der Waals surface area contributed by atoms with Crippen LogP contribution in [-0.2, 0) is 10.2 Å². The fraction of sp³-hybridized carbons (Fsp3) is 0.562. The predicted molar refractivity (Wildman–Crippen MR) is 85.1 cm³/mol. The van der Waals surface area contributed by atoms with Gasteiger partial charge in [0.2, 0.25) is 5.91 Å². The lowest BCUT2D eigenvalue weighted by Gasteiger charge is -2.28. The maximum atomic E-state index is 13.5. The highest BCUT2D eigenvalue weighted by molar-refractivity contribution is 5.88. The molecule has 1 saturated carbocycles. The number of benzene rings is 1. The summed E-state index contributed by atoms with van der Waals surface area (Å²) in [7, 11) is 0. The summed E-state index contributed by atoms with van der Waals surface area (Å²) in [6.07, 6.45) is 5.45. The van der Waals surface area contributed by atoms with Crippen LogP contribution in [0.5, 0.6) is 0 Å². The molecule has 0 aliphatic heterocycles. The number of halogens is 2. The average molecular weight is 315 g/mol. The van der Waals surface area contributed by atoms with Crippen LogP contribution in [0, 0.1) is 5.82 Å². The summed E-state index contributed by atoms with van der Waals surface area (Å²) in [5.41, 5.74) is 5.72. The van der Waals surface area contributed by atoms with Crippen molar-refractivity contribution in [1.82, 2.24) is 5.32 Å². The van der Waals surface area contributed by atoms with Crippen LogP contribution in [-0.4, -0.2) is 19.0 Å². The van der Waals surface area contributed by atoms with Gasteiger partial charge in [-0.1, -0.05) is 25.0 Å². The van der Waals surface area contributed by atoms with E-state index < -0.39 is 5.41 Å². The molecule has 1 aliphatic carbocycles. The van der Waals surface area contributed by atoms with Gasteiger partial charge in [-0.3, -0.25) is 4.79 Å². The molecule has 118 valence electrons. The number of nitrogens with one attached hydrogen (secondary N) is 1. The van der Waals surface area contributed by atoms with Gasteiger partial charge in [-0.2, -0.15) is 0 Å². The second-order valence-corrected chi connectivity index (χ2v) is 5.55. The van der Waals surface area contributed by atoms with Gasteiger partial charge in [0.05, 0.1) is 5.41 Å². The second kappa shape index (κ2) is 8.35. The number of carbonyl (C=O) groups is 1. The first-order valence-corrected chi connectivity index (χ1v) is 7.43. The van der Waals surface area contributed by atoms with Gasteiger partial charge < -0.3 is 11.1 Å². The summed E-state index contributed by atoms with van der Waals surface area (Å²) in [6.45, 7) is 1.29. The molecule has 3 N–H and O–H groups in total. The van der Waals surface area contributed by atoms with E-state index in [9.17, 15) is 9.18 Å². The van der Waals surface area contributed by atoms with Crippen molar-refractivity contribution in [3.63, 3.8) is 0 Å². The van der Waals surface area contributed by atoms with Crippen molar-refractivity contribution in [1.29, 1.82) is 0 Å². The Balaban J connectivity index is 0.00000220. The molecule has 0 saturated heterocycles. The Hall–Kier alpha value is -1.13. The first-order valence-electron chi connectivity index (χ1n) is 7.43. The minimum Gasteiger partial charge on any atom is -0.355 e. The number of rotatable bonds is 6. The maximum absolute atomic E-state index is 13.5. The van der Waals surface area contributed by atoms with Gasteiger partial charge in [0.1, 0.15) is 5.82 Å². The standard InChI is InChI=1S/C16H23FN2O.ClH/c17-14-7-5-6-13(12-14)16(8-1-2-9-16)15(20)19-11-4-3-10-18;/h5-7,12H,1-4,8-11,18H2,(H,19,20);1H. The van der Waals surface area contributed by atoms with Crippen LogP contribution < -0.4 is 11.1 Å². The zero-order chi connectivity index (χ0) is 14.4. The highest BCUT2D eigenvalue weighted by atomic mass is 35.5. The first kappa shape index (κ1) is 17.9. The Labute approximate surface area is 131 Å². The highest BCUT2D eigenvalue weighted by Crippen LogP contribution is 2.41. The van der Waals surface area contributed by atoms with E-state index in [2.05, 4.69) is 5.32 Å². The lowest BCUT2D eigenvalue weighted by molar-refractivity contribution is -0.126. The van der Waals surface area contributed by atoms with E-state index in [4.69, 9.17) is 5.73 Å². The molecular weight excluding hydrogens is 291 g/mol. The van der Waals surface area contributed by atoms with Gasteiger partial charge in [-0.25, -0.2) is 4.39 Å². The molecule has 5 heteroatoms. The summed E-state index contributed by atoms with van der Waals surface area (Å²) >= 11 is 0. The Bertz CT molecular complexity index is 461. The van der Waals surface area contributed by atoms with Gasteiger partial charge in [0, 0.05) is 6.54 Å². The monoisotopic (exact) mass is 314 g/mol. The van der Waals surface area contributed by atoms with Crippen LogP contribution in [0.15, 0.2) is 24.3 Å². The van der Waals surface area contributed by atoms with Gasteiger partial charge in [-0.15, -0.1) is 12.4 Å². The van der Waals surface area contributed by atoms with E-state index in [1.807, 2.05) is 6.07 Å². The Morgan fingerprint density at radius 3 is 2.62 bits per heavy atom. The lowest BCUT2D eigenvalue weighted by Crippen LogP contribution is -2.43. The predicted octanol–water partition coefficient (Wildman–Crippen LogP) is 2.91. The van der Waals surface area contributed by atoms with E-state index in [1.54, 1.807) is 6.07 Å². The zero-order valence-electron chi connectivity index (χ0n) is 12.2. The zero-order valence-corrected chi connectivity index (χ0v) is 13.1. The van der Waals surface area contributed by atoms with Crippen molar-refractivity contribution >= 4 is 18.3 Å². The topological polar surface area (TPSA) is 55.1 Å². The molecule has 0 unspecified atom stereocenters. The third-order valence-electron chi connectivity index (χ3n) is 4.19. The molecule has 1 aliphatic rings. The number of hydrogen-bond acceptors (Lipinski definition) is 2. The smallest absolute Gasteiger partial charge is 0.230 e. The van der Waals surface area contributed by atoms with E-state index in [1.165, 1.54) is 12.1 Å². The lowest BCUT2D eigenvalue weighted by atomic mass is 9.78. The summed E-state index contributed by atoms with van der Waals surface area (Å²) in [5, 5.41) is 3.00. The fourth-order valence-electron chi connectivity index (χ4n) is 3.05. The third kappa shape index (κ3) is 4.17. The van der Waals surface area contributed by atoms with Gasteiger partial charge in [0.25, 0.3) is 0 Å².